The van der Waals surface area contributed by atoms with Gasteiger partial charge < -0.3 is 4.74 Å². The number of rotatable bonds is 0. The third-order valence-corrected chi connectivity index (χ3v) is 3.98. The highest BCUT2D eigenvalue weighted by Gasteiger charge is 2.45. The average molecular weight is 182 g/mol. The highest BCUT2D eigenvalue weighted by Crippen LogP contribution is 2.49. The Hall–Kier alpha value is -0.0400. The van der Waals surface area contributed by atoms with Crippen LogP contribution in [0.2, 0.25) is 0 Å². The van der Waals surface area contributed by atoms with E-state index < -0.39 is 0 Å². The molecule has 1 unspecified atom stereocenters. The van der Waals surface area contributed by atoms with Gasteiger partial charge in [-0.1, -0.05) is 20.8 Å². The summed E-state index contributed by atoms with van der Waals surface area (Å²) in [5, 5.41) is 0. The minimum absolute atomic E-state index is 0.317. The predicted molar refractivity (Wildman–Crippen MR) is 54.7 cm³/mol. The van der Waals surface area contributed by atoms with Crippen LogP contribution in [-0.2, 0) is 4.74 Å². The van der Waals surface area contributed by atoms with Crippen LogP contribution in [-0.4, -0.2) is 12.2 Å². The van der Waals surface area contributed by atoms with Gasteiger partial charge in [0.25, 0.3) is 0 Å². The summed E-state index contributed by atoms with van der Waals surface area (Å²) in [6, 6.07) is 0. The van der Waals surface area contributed by atoms with Crippen LogP contribution >= 0.6 is 0 Å². The zero-order chi connectivity index (χ0) is 9.53. The van der Waals surface area contributed by atoms with E-state index in [1.54, 1.807) is 0 Å². The number of ether oxygens (including phenoxy) is 1. The molecule has 1 nitrogen and oxygen atoms in total. The van der Waals surface area contributed by atoms with Gasteiger partial charge in [-0.2, -0.15) is 0 Å². The highest BCUT2D eigenvalue weighted by molar-refractivity contribution is 4.96. The normalized spacial score (nSPS) is 40.4. The summed E-state index contributed by atoms with van der Waals surface area (Å²) in [5.74, 6) is 0.880. The van der Waals surface area contributed by atoms with Crippen LogP contribution in [0.15, 0.2) is 0 Å². The van der Waals surface area contributed by atoms with E-state index >= 15 is 0 Å². The van der Waals surface area contributed by atoms with Gasteiger partial charge in [0, 0.05) is 6.61 Å². The van der Waals surface area contributed by atoms with Gasteiger partial charge in [-0.05, 0) is 43.4 Å². The van der Waals surface area contributed by atoms with E-state index in [1.165, 1.54) is 32.1 Å². The molecule has 2 rings (SSSR count). The molecule has 13 heavy (non-hydrogen) atoms. The molecule has 0 bridgehead atoms. The van der Waals surface area contributed by atoms with Crippen molar-refractivity contribution in [1.29, 1.82) is 0 Å². The molecule has 0 radical (unpaired) electrons. The first-order chi connectivity index (χ1) is 6.02. The number of hydrogen-bond acceptors (Lipinski definition) is 1. The van der Waals surface area contributed by atoms with Crippen molar-refractivity contribution < 1.29 is 4.74 Å². The summed E-state index contributed by atoms with van der Waals surface area (Å²) in [5.41, 5.74) is 0.799. The molecule has 1 saturated carbocycles. The minimum Gasteiger partial charge on any atom is -0.375 e. The van der Waals surface area contributed by atoms with Gasteiger partial charge >= 0.3 is 0 Å². The van der Waals surface area contributed by atoms with Crippen molar-refractivity contribution in [3.8, 4) is 0 Å². The van der Waals surface area contributed by atoms with Crippen LogP contribution in [0.25, 0.3) is 0 Å². The first-order valence-electron chi connectivity index (χ1n) is 5.66. The van der Waals surface area contributed by atoms with E-state index in [9.17, 15) is 0 Å². The Morgan fingerprint density at radius 3 is 2.46 bits per heavy atom. The molecule has 2 atom stereocenters. The molecule has 0 amide bonds. The molecule has 76 valence electrons. The molecule has 2 aliphatic rings. The molecular weight excluding hydrogens is 160 g/mol. The van der Waals surface area contributed by atoms with Crippen LogP contribution in [0, 0.1) is 11.3 Å². The van der Waals surface area contributed by atoms with E-state index in [4.69, 9.17) is 4.74 Å². The highest BCUT2D eigenvalue weighted by atomic mass is 16.5. The molecule has 1 heterocycles. The summed E-state index contributed by atoms with van der Waals surface area (Å²) < 4.78 is 5.93. The van der Waals surface area contributed by atoms with Gasteiger partial charge in [0.2, 0.25) is 0 Å². The molecule has 0 aromatic rings. The topological polar surface area (TPSA) is 9.23 Å². The molecule has 1 aliphatic carbocycles. The van der Waals surface area contributed by atoms with E-state index in [1.807, 2.05) is 0 Å². The lowest BCUT2D eigenvalue weighted by Gasteiger charge is -2.29. The van der Waals surface area contributed by atoms with Crippen LogP contribution in [0.5, 0.6) is 0 Å². The largest absolute Gasteiger partial charge is 0.375 e. The fourth-order valence-electron chi connectivity index (χ4n) is 2.94. The third kappa shape index (κ3) is 1.76. The lowest BCUT2D eigenvalue weighted by Crippen LogP contribution is -2.26. The second kappa shape index (κ2) is 2.98. The van der Waals surface area contributed by atoms with Crippen LogP contribution in [0.4, 0.5) is 0 Å². The summed E-state index contributed by atoms with van der Waals surface area (Å²) in [6.07, 6.45) is 6.62. The molecule has 1 saturated heterocycles. The lowest BCUT2D eigenvalue weighted by atomic mass is 9.79. The van der Waals surface area contributed by atoms with Crippen LogP contribution in [0.3, 0.4) is 0 Å². The smallest absolute Gasteiger partial charge is 0.0686 e. The van der Waals surface area contributed by atoms with E-state index in [0.29, 0.717) is 11.0 Å². The van der Waals surface area contributed by atoms with Gasteiger partial charge in [0.05, 0.1) is 5.60 Å². The quantitative estimate of drug-likeness (QED) is 0.558. The van der Waals surface area contributed by atoms with Crippen molar-refractivity contribution in [1.82, 2.24) is 0 Å². The van der Waals surface area contributed by atoms with Crippen LogP contribution < -0.4 is 0 Å². The summed E-state index contributed by atoms with van der Waals surface area (Å²) >= 11 is 0. The van der Waals surface area contributed by atoms with Gasteiger partial charge in [-0.25, -0.2) is 0 Å². The SMILES string of the molecule is CC(C)(C)[C@@H]1CCC2(CCCO2)C1. The summed E-state index contributed by atoms with van der Waals surface area (Å²) in [4.78, 5) is 0. The van der Waals surface area contributed by atoms with Crippen molar-refractivity contribution in [2.45, 2.75) is 58.5 Å². The fraction of sp³-hybridized carbons (Fsp3) is 1.00. The maximum absolute atomic E-state index is 5.93. The fourth-order valence-corrected chi connectivity index (χ4v) is 2.94. The van der Waals surface area contributed by atoms with E-state index in [0.717, 1.165) is 12.5 Å². The Morgan fingerprint density at radius 1 is 1.23 bits per heavy atom. The zero-order valence-corrected chi connectivity index (χ0v) is 9.23. The summed E-state index contributed by atoms with van der Waals surface area (Å²) in [6.45, 7) is 8.11. The average Bonchev–Trinajstić information content (AvgIpc) is 2.60. The van der Waals surface area contributed by atoms with E-state index in [2.05, 4.69) is 20.8 Å². The number of hydrogen-bond donors (Lipinski definition) is 0. The Bertz CT molecular complexity index is 184. The van der Waals surface area contributed by atoms with E-state index in [-0.39, 0.29) is 0 Å². The van der Waals surface area contributed by atoms with Crippen molar-refractivity contribution in [2.24, 2.45) is 11.3 Å². The maximum atomic E-state index is 5.93. The monoisotopic (exact) mass is 182 g/mol. The minimum atomic E-state index is 0.317. The van der Waals surface area contributed by atoms with Crippen LogP contribution in [0.1, 0.15) is 52.9 Å². The molecule has 1 aliphatic heterocycles. The molecule has 1 spiro atoms. The van der Waals surface area contributed by atoms with Crippen molar-refractivity contribution >= 4 is 0 Å². The lowest BCUT2D eigenvalue weighted by molar-refractivity contribution is 0.00239. The Morgan fingerprint density at radius 2 is 2.00 bits per heavy atom. The molecule has 2 fully saturated rings. The van der Waals surface area contributed by atoms with Gasteiger partial charge in [0.1, 0.15) is 0 Å². The Kier molecular flexibility index (Phi) is 2.18. The first-order valence-corrected chi connectivity index (χ1v) is 5.66. The van der Waals surface area contributed by atoms with Gasteiger partial charge in [-0.15, -0.1) is 0 Å². The molecule has 0 aromatic heterocycles. The third-order valence-electron chi connectivity index (χ3n) is 3.98. The molecular formula is C12H22O. The molecule has 1 heteroatoms. The zero-order valence-electron chi connectivity index (χ0n) is 9.23. The Balaban J connectivity index is 2.01. The molecule has 0 aromatic carbocycles. The summed E-state index contributed by atoms with van der Waals surface area (Å²) in [7, 11) is 0. The van der Waals surface area contributed by atoms with Gasteiger partial charge in [0.15, 0.2) is 0 Å². The maximum Gasteiger partial charge on any atom is 0.0686 e. The predicted octanol–water partition coefficient (Wildman–Crippen LogP) is 3.38. The van der Waals surface area contributed by atoms with Crippen molar-refractivity contribution in [2.75, 3.05) is 6.61 Å². The van der Waals surface area contributed by atoms with Crippen molar-refractivity contribution in [3.63, 3.8) is 0 Å². The standard InChI is InChI=1S/C12H22O/c1-11(2,3)10-5-7-12(9-10)6-4-8-13-12/h10H,4-9H2,1-3H3/t10-,12?/m1/s1. The van der Waals surface area contributed by atoms with Crippen molar-refractivity contribution in [3.05, 3.63) is 0 Å². The second-order valence-electron chi connectivity index (χ2n) is 5.94. The second-order valence-corrected chi connectivity index (χ2v) is 5.94. The first kappa shape index (κ1) is 9.51. The Labute approximate surface area is 81.9 Å². The van der Waals surface area contributed by atoms with Gasteiger partial charge in [-0.3, -0.25) is 0 Å². The molecule has 0 N–H and O–H groups in total.